The first-order valence-corrected chi connectivity index (χ1v) is 7.50. The van der Waals surface area contributed by atoms with Crippen LogP contribution in [0.5, 0.6) is 0 Å². The van der Waals surface area contributed by atoms with Crippen LogP contribution in [0.1, 0.15) is 21.6 Å². The summed E-state index contributed by atoms with van der Waals surface area (Å²) in [7, 11) is -3.66. The van der Waals surface area contributed by atoms with E-state index in [1.54, 1.807) is 37.3 Å². The van der Waals surface area contributed by atoms with Gasteiger partial charge in [-0.05, 0) is 12.5 Å². The summed E-state index contributed by atoms with van der Waals surface area (Å²) >= 11 is 0. The third kappa shape index (κ3) is 3.18. The maximum Gasteiger partial charge on any atom is 0.339 e. The number of H-pyrrole nitrogens is 1. The monoisotopic (exact) mass is 294 g/mol. The van der Waals surface area contributed by atoms with Crippen molar-refractivity contribution in [2.75, 3.05) is 4.72 Å². The predicted octanol–water partition coefficient (Wildman–Crippen LogP) is 1.96. The van der Waals surface area contributed by atoms with Crippen molar-refractivity contribution >= 4 is 21.7 Å². The second-order valence-electron chi connectivity index (χ2n) is 4.35. The molecule has 7 heteroatoms. The first kappa shape index (κ1) is 14.1. The molecule has 0 aliphatic heterocycles. The van der Waals surface area contributed by atoms with E-state index in [0.717, 1.165) is 0 Å². The SMILES string of the molecule is Cc1[nH]cc(NS(=O)(=O)Cc2ccccc2)c1C(=O)O. The number of hydrogen-bond donors (Lipinski definition) is 3. The zero-order valence-electron chi connectivity index (χ0n) is 10.8. The standard InChI is InChI=1S/C13H14N2O4S/c1-9-12(13(16)17)11(7-14-9)15-20(18,19)8-10-5-3-2-4-6-10/h2-7,14-15H,8H2,1H3,(H,16,17). The van der Waals surface area contributed by atoms with Crippen molar-refractivity contribution in [1.29, 1.82) is 0 Å². The van der Waals surface area contributed by atoms with Crippen molar-refractivity contribution in [2.45, 2.75) is 12.7 Å². The van der Waals surface area contributed by atoms with Gasteiger partial charge in [0.1, 0.15) is 5.56 Å². The Kier molecular flexibility index (Phi) is 3.80. The van der Waals surface area contributed by atoms with Crippen molar-refractivity contribution < 1.29 is 18.3 Å². The Morgan fingerprint density at radius 2 is 1.95 bits per heavy atom. The van der Waals surface area contributed by atoms with Crippen LogP contribution in [-0.2, 0) is 15.8 Å². The number of anilines is 1. The molecule has 6 nitrogen and oxygen atoms in total. The molecule has 2 rings (SSSR count). The van der Waals surface area contributed by atoms with Crippen LogP contribution in [-0.4, -0.2) is 24.5 Å². The maximum absolute atomic E-state index is 12.0. The minimum absolute atomic E-state index is 0.0472. The molecule has 3 N–H and O–H groups in total. The van der Waals surface area contributed by atoms with Crippen molar-refractivity contribution in [1.82, 2.24) is 4.98 Å². The number of carboxylic acid groups (broad SMARTS) is 1. The Morgan fingerprint density at radius 3 is 2.55 bits per heavy atom. The topological polar surface area (TPSA) is 99.3 Å². The summed E-state index contributed by atoms with van der Waals surface area (Å²) in [6, 6.07) is 8.67. The van der Waals surface area contributed by atoms with E-state index in [-0.39, 0.29) is 17.0 Å². The molecule has 0 atom stereocenters. The van der Waals surface area contributed by atoms with Gasteiger partial charge in [0.05, 0.1) is 11.4 Å². The molecule has 0 amide bonds. The highest BCUT2D eigenvalue weighted by molar-refractivity contribution is 7.91. The Hall–Kier alpha value is -2.28. The van der Waals surface area contributed by atoms with Gasteiger partial charge in [-0.25, -0.2) is 13.2 Å². The van der Waals surface area contributed by atoms with Crippen LogP contribution in [0.2, 0.25) is 0 Å². The Balaban J connectivity index is 2.23. The highest BCUT2D eigenvalue weighted by Crippen LogP contribution is 2.21. The van der Waals surface area contributed by atoms with Gasteiger partial charge in [0.25, 0.3) is 0 Å². The molecule has 1 aromatic carbocycles. The first-order chi connectivity index (χ1) is 9.39. The number of sulfonamides is 1. The van der Waals surface area contributed by atoms with Gasteiger partial charge in [0.2, 0.25) is 10.0 Å². The molecular formula is C13H14N2O4S. The fourth-order valence-electron chi connectivity index (χ4n) is 1.88. The fourth-order valence-corrected chi connectivity index (χ4v) is 3.08. The lowest BCUT2D eigenvalue weighted by molar-refractivity contribution is 0.0697. The second kappa shape index (κ2) is 5.38. The first-order valence-electron chi connectivity index (χ1n) is 5.85. The largest absolute Gasteiger partial charge is 0.478 e. The molecule has 1 heterocycles. The van der Waals surface area contributed by atoms with E-state index in [9.17, 15) is 13.2 Å². The molecule has 0 fully saturated rings. The van der Waals surface area contributed by atoms with Gasteiger partial charge in [0.15, 0.2) is 0 Å². The number of benzene rings is 1. The number of rotatable bonds is 5. The molecule has 0 unspecified atom stereocenters. The van der Waals surface area contributed by atoms with Crippen LogP contribution in [0.25, 0.3) is 0 Å². The van der Waals surface area contributed by atoms with Crippen LogP contribution in [0.3, 0.4) is 0 Å². The molecule has 0 radical (unpaired) electrons. The van der Waals surface area contributed by atoms with Crippen LogP contribution < -0.4 is 4.72 Å². The average Bonchev–Trinajstić information content (AvgIpc) is 2.70. The van der Waals surface area contributed by atoms with Gasteiger partial charge in [-0.3, -0.25) is 4.72 Å². The van der Waals surface area contributed by atoms with Gasteiger partial charge in [0, 0.05) is 11.9 Å². The zero-order chi connectivity index (χ0) is 14.8. The Morgan fingerprint density at radius 1 is 1.30 bits per heavy atom. The van der Waals surface area contributed by atoms with Gasteiger partial charge in [-0.2, -0.15) is 0 Å². The van der Waals surface area contributed by atoms with Crippen LogP contribution >= 0.6 is 0 Å². The molecule has 106 valence electrons. The quantitative estimate of drug-likeness (QED) is 0.785. The second-order valence-corrected chi connectivity index (χ2v) is 6.08. The minimum Gasteiger partial charge on any atom is -0.478 e. The number of aromatic nitrogens is 1. The molecule has 2 aromatic rings. The number of carbonyl (C=O) groups is 1. The summed E-state index contributed by atoms with van der Waals surface area (Å²) in [5.41, 5.74) is 1.01. The van der Waals surface area contributed by atoms with Crippen molar-refractivity contribution in [2.24, 2.45) is 0 Å². The summed E-state index contributed by atoms with van der Waals surface area (Å²) in [5.74, 6) is -1.39. The highest BCUT2D eigenvalue weighted by Gasteiger charge is 2.20. The van der Waals surface area contributed by atoms with E-state index in [4.69, 9.17) is 5.11 Å². The number of hydrogen-bond acceptors (Lipinski definition) is 3. The van der Waals surface area contributed by atoms with Crippen LogP contribution in [0.4, 0.5) is 5.69 Å². The molecule has 0 spiro atoms. The zero-order valence-corrected chi connectivity index (χ0v) is 11.6. The van der Waals surface area contributed by atoms with Crippen molar-refractivity contribution in [3.63, 3.8) is 0 Å². The normalized spacial score (nSPS) is 11.2. The lowest BCUT2D eigenvalue weighted by Gasteiger charge is -2.07. The Bertz CT molecular complexity index is 720. The molecular weight excluding hydrogens is 280 g/mol. The van der Waals surface area contributed by atoms with Gasteiger partial charge < -0.3 is 10.1 Å². The third-order valence-electron chi connectivity index (χ3n) is 2.76. The summed E-state index contributed by atoms with van der Waals surface area (Å²) in [6.45, 7) is 1.57. The number of nitrogens with one attached hydrogen (secondary N) is 2. The van der Waals surface area contributed by atoms with E-state index in [2.05, 4.69) is 9.71 Å². The molecule has 20 heavy (non-hydrogen) atoms. The lowest BCUT2D eigenvalue weighted by Crippen LogP contribution is -2.16. The summed E-state index contributed by atoms with van der Waals surface area (Å²) in [4.78, 5) is 13.8. The highest BCUT2D eigenvalue weighted by atomic mass is 32.2. The van der Waals surface area contributed by atoms with E-state index in [0.29, 0.717) is 11.3 Å². The maximum atomic E-state index is 12.0. The van der Waals surface area contributed by atoms with Gasteiger partial charge >= 0.3 is 5.97 Å². The van der Waals surface area contributed by atoms with E-state index in [1.807, 2.05) is 0 Å². The van der Waals surface area contributed by atoms with Crippen molar-refractivity contribution in [3.8, 4) is 0 Å². The molecule has 0 saturated heterocycles. The molecule has 0 aliphatic rings. The summed E-state index contributed by atoms with van der Waals surface area (Å²) in [6.07, 6.45) is 1.33. The van der Waals surface area contributed by atoms with E-state index < -0.39 is 16.0 Å². The van der Waals surface area contributed by atoms with E-state index in [1.165, 1.54) is 6.20 Å². The Labute approximate surface area is 116 Å². The molecule has 0 saturated carbocycles. The molecule has 0 aliphatic carbocycles. The number of aromatic carboxylic acids is 1. The third-order valence-corrected chi connectivity index (χ3v) is 4.00. The smallest absolute Gasteiger partial charge is 0.339 e. The average molecular weight is 294 g/mol. The molecule has 1 aromatic heterocycles. The van der Waals surface area contributed by atoms with E-state index >= 15 is 0 Å². The fraction of sp³-hybridized carbons (Fsp3) is 0.154. The summed E-state index contributed by atoms with van der Waals surface area (Å²) in [5, 5.41) is 9.07. The number of aromatic amines is 1. The number of aryl methyl sites for hydroxylation is 1. The van der Waals surface area contributed by atoms with Crippen LogP contribution in [0, 0.1) is 6.92 Å². The minimum atomic E-state index is -3.66. The summed E-state index contributed by atoms with van der Waals surface area (Å²) < 4.78 is 26.4. The van der Waals surface area contributed by atoms with Gasteiger partial charge in [-0.1, -0.05) is 30.3 Å². The lowest BCUT2D eigenvalue weighted by atomic mass is 10.2. The number of carboxylic acids is 1. The molecule has 0 bridgehead atoms. The van der Waals surface area contributed by atoms with Crippen LogP contribution in [0.15, 0.2) is 36.5 Å². The van der Waals surface area contributed by atoms with Crippen molar-refractivity contribution in [3.05, 3.63) is 53.3 Å². The predicted molar refractivity (Wildman–Crippen MR) is 75.2 cm³/mol. The van der Waals surface area contributed by atoms with Gasteiger partial charge in [-0.15, -0.1) is 0 Å².